The minimum absolute atomic E-state index is 0.0295. The van der Waals surface area contributed by atoms with Gasteiger partial charge >= 0.3 is 0 Å². The van der Waals surface area contributed by atoms with Crippen LogP contribution >= 0.6 is 0 Å². The Morgan fingerprint density at radius 1 is 1.32 bits per heavy atom. The van der Waals surface area contributed by atoms with E-state index in [0.717, 1.165) is 31.5 Å². The first-order chi connectivity index (χ1) is 11.9. The molecule has 3 N–H and O–H groups in total. The molecule has 2 aromatic rings. The highest BCUT2D eigenvalue weighted by atomic mass is 16.5. The lowest BCUT2D eigenvalue weighted by molar-refractivity contribution is -0.0655. The van der Waals surface area contributed by atoms with E-state index in [1.165, 1.54) is 5.56 Å². The van der Waals surface area contributed by atoms with Crippen molar-refractivity contribution < 1.29 is 9.84 Å². The Morgan fingerprint density at radius 3 is 2.88 bits per heavy atom. The van der Waals surface area contributed by atoms with Crippen molar-refractivity contribution in [2.45, 2.75) is 38.3 Å². The maximum Gasteiger partial charge on any atom is 0.123 e. The summed E-state index contributed by atoms with van der Waals surface area (Å²) in [6, 6.07) is 11.3. The number of benzene rings is 1. The van der Waals surface area contributed by atoms with Crippen LogP contribution < -0.4 is 5.73 Å². The maximum atomic E-state index is 9.63. The fourth-order valence-electron chi connectivity index (χ4n) is 3.33. The van der Waals surface area contributed by atoms with Gasteiger partial charge in [0.1, 0.15) is 11.6 Å². The number of rotatable bonds is 5. The Balaban J connectivity index is 1.63. The van der Waals surface area contributed by atoms with Crippen molar-refractivity contribution in [2.75, 3.05) is 25.4 Å². The molecule has 0 spiro atoms. The van der Waals surface area contributed by atoms with Gasteiger partial charge in [0, 0.05) is 30.4 Å². The van der Waals surface area contributed by atoms with Gasteiger partial charge in [-0.15, -0.1) is 0 Å². The van der Waals surface area contributed by atoms with Gasteiger partial charge in [-0.1, -0.05) is 18.2 Å². The second-order valence-corrected chi connectivity index (χ2v) is 7.30. The van der Waals surface area contributed by atoms with Crippen LogP contribution in [0.2, 0.25) is 0 Å². The smallest absolute Gasteiger partial charge is 0.123 e. The summed E-state index contributed by atoms with van der Waals surface area (Å²) in [4.78, 5) is 6.67. The molecule has 0 amide bonds. The molecule has 25 heavy (non-hydrogen) atoms. The van der Waals surface area contributed by atoms with E-state index in [-0.39, 0.29) is 11.6 Å². The average Bonchev–Trinajstić information content (AvgIpc) is 2.61. The SMILES string of the molecule is CC(C)(CCc1cccc(O)c1)N1CCOC(c2ccc(N)nc2)C1. The quantitative estimate of drug-likeness (QED) is 0.874. The monoisotopic (exact) mass is 341 g/mol. The zero-order valence-electron chi connectivity index (χ0n) is 15.0. The maximum absolute atomic E-state index is 9.63. The fraction of sp³-hybridized carbons (Fsp3) is 0.450. The molecule has 1 aliphatic rings. The lowest BCUT2D eigenvalue weighted by atomic mass is 9.92. The number of anilines is 1. The zero-order valence-corrected chi connectivity index (χ0v) is 15.0. The van der Waals surface area contributed by atoms with Gasteiger partial charge in [0.2, 0.25) is 0 Å². The molecule has 5 nitrogen and oxygen atoms in total. The lowest BCUT2D eigenvalue weighted by Crippen LogP contribution is -2.50. The highest BCUT2D eigenvalue weighted by Gasteiger charge is 2.32. The van der Waals surface area contributed by atoms with Crippen LogP contribution in [0.4, 0.5) is 5.82 Å². The molecule has 1 fully saturated rings. The molecule has 1 aromatic carbocycles. The lowest BCUT2D eigenvalue weighted by Gasteiger charge is -2.43. The summed E-state index contributed by atoms with van der Waals surface area (Å²) in [6.45, 7) is 7.04. The van der Waals surface area contributed by atoms with E-state index in [2.05, 4.69) is 29.8 Å². The molecule has 1 saturated heterocycles. The van der Waals surface area contributed by atoms with Crippen LogP contribution in [0.25, 0.3) is 0 Å². The largest absolute Gasteiger partial charge is 0.508 e. The van der Waals surface area contributed by atoms with Crippen LogP contribution in [-0.4, -0.2) is 40.2 Å². The number of aryl methyl sites for hydroxylation is 1. The van der Waals surface area contributed by atoms with Crippen molar-refractivity contribution in [1.29, 1.82) is 0 Å². The van der Waals surface area contributed by atoms with E-state index in [1.54, 1.807) is 6.07 Å². The summed E-state index contributed by atoms with van der Waals surface area (Å²) in [5.41, 5.74) is 7.97. The molecular formula is C20H27N3O2. The number of nitrogens with zero attached hydrogens (tertiary/aromatic N) is 2. The summed E-state index contributed by atoms with van der Waals surface area (Å²) < 4.78 is 5.95. The van der Waals surface area contributed by atoms with Crippen LogP contribution in [0.15, 0.2) is 42.6 Å². The summed E-state index contributed by atoms with van der Waals surface area (Å²) in [5, 5.41) is 9.63. The van der Waals surface area contributed by atoms with Gasteiger partial charge in [-0.2, -0.15) is 0 Å². The van der Waals surface area contributed by atoms with Crippen LogP contribution in [0.5, 0.6) is 5.75 Å². The minimum atomic E-state index is 0.0295. The third-order valence-corrected chi connectivity index (χ3v) is 5.04. The van der Waals surface area contributed by atoms with Crippen molar-refractivity contribution >= 4 is 5.82 Å². The van der Waals surface area contributed by atoms with E-state index >= 15 is 0 Å². The Kier molecular flexibility index (Phi) is 5.25. The van der Waals surface area contributed by atoms with E-state index in [4.69, 9.17) is 10.5 Å². The highest BCUT2D eigenvalue weighted by molar-refractivity contribution is 5.30. The average molecular weight is 341 g/mol. The second-order valence-electron chi connectivity index (χ2n) is 7.30. The van der Waals surface area contributed by atoms with E-state index in [0.29, 0.717) is 18.2 Å². The van der Waals surface area contributed by atoms with Crippen molar-refractivity contribution in [1.82, 2.24) is 9.88 Å². The molecule has 1 atom stereocenters. The van der Waals surface area contributed by atoms with Crippen molar-refractivity contribution in [2.24, 2.45) is 0 Å². The van der Waals surface area contributed by atoms with E-state index in [1.807, 2.05) is 30.5 Å². The molecule has 2 heterocycles. The summed E-state index contributed by atoms with van der Waals surface area (Å²) >= 11 is 0. The van der Waals surface area contributed by atoms with Gasteiger partial charge < -0.3 is 15.6 Å². The molecule has 3 rings (SSSR count). The Hall–Kier alpha value is -2.11. The Labute approximate surface area is 149 Å². The van der Waals surface area contributed by atoms with Gasteiger partial charge in [0.05, 0.1) is 12.7 Å². The number of pyridine rings is 1. The number of phenolic OH excluding ortho intramolecular Hbond substituents is 1. The highest BCUT2D eigenvalue weighted by Crippen LogP contribution is 2.29. The topological polar surface area (TPSA) is 71.6 Å². The van der Waals surface area contributed by atoms with Crippen LogP contribution in [-0.2, 0) is 11.2 Å². The molecule has 134 valence electrons. The molecule has 0 bridgehead atoms. The number of aromatic nitrogens is 1. The van der Waals surface area contributed by atoms with Gasteiger partial charge in [-0.25, -0.2) is 4.98 Å². The van der Waals surface area contributed by atoms with Crippen molar-refractivity contribution in [3.05, 3.63) is 53.7 Å². The summed E-state index contributed by atoms with van der Waals surface area (Å²) in [5.74, 6) is 0.862. The number of nitrogens with two attached hydrogens (primary N) is 1. The summed E-state index contributed by atoms with van der Waals surface area (Å²) in [7, 11) is 0. The number of morpholine rings is 1. The number of phenols is 1. The molecule has 5 heteroatoms. The molecule has 0 radical (unpaired) electrons. The number of aromatic hydroxyl groups is 1. The van der Waals surface area contributed by atoms with Gasteiger partial charge in [-0.05, 0) is 50.5 Å². The van der Waals surface area contributed by atoms with E-state index in [9.17, 15) is 5.11 Å². The number of nitrogen functional groups attached to an aromatic ring is 1. The molecule has 1 aliphatic heterocycles. The third-order valence-electron chi connectivity index (χ3n) is 5.04. The summed E-state index contributed by atoms with van der Waals surface area (Å²) in [6.07, 6.45) is 3.79. The van der Waals surface area contributed by atoms with Gasteiger partial charge in [0.25, 0.3) is 0 Å². The van der Waals surface area contributed by atoms with Gasteiger partial charge in [0.15, 0.2) is 0 Å². The standard InChI is InChI=1S/C20H27N3O2/c1-20(2,9-8-15-4-3-5-17(24)12-15)23-10-11-25-18(14-23)16-6-7-19(21)22-13-16/h3-7,12-13,18,24H,8-11,14H2,1-2H3,(H2,21,22). The molecule has 1 unspecified atom stereocenters. The van der Waals surface area contributed by atoms with Gasteiger partial charge in [-0.3, -0.25) is 4.90 Å². The zero-order chi connectivity index (χ0) is 17.9. The van der Waals surface area contributed by atoms with E-state index < -0.39 is 0 Å². The molecule has 0 aliphatic carbocycles. The fourth-order valence-corrected chi connectivity index (χ4v) is 3.33. The first-order valence-corrected chi connectivity index (χ1v) is 8.80. The van der Waals surface area contributed by atoms with Crippen LogP contribution in [0, 0.1) is 0 Å². The third kappa shape index (κ3) is 4.50. The Morgan fingerprint density at radius 2 is 2.16 bits per heavy atom. The predicted octanol–water partition coefficient (Wildman–Crippen LogP) is 3.15. The van der Waals surface area contributed by atoms with Crippen molar-refractivity contribution in [3.63, 3.8) is 0 Å². The number of ether oxygens (including phenoxy) is 1. The first-order valence-electron chi connectivity index (χ1n) is 8.80. The predicted molar refractivity (Wildman–Crippen MR) is 99.4 cm³/mol. The van der Waals surface area contributed by atoms with Crippen LogP contribution in [0.3, 0.4) is 0 Å². The number of hydrogen-bond acceptors (Lipinski definition) is 5. The second kappa shape index (κ2) is 7.42. The minimum Gasteiger partial charge on any atom is -0.508 e. The number of hydrogen-bond donors (Lipinski definition) is 2. The van der Waals surface area contributed by atoms with Crippen molar-refractivity contribution in [3.8, 4) is 5.75 Å². The Bertz CT molecular complexity index is 700. The normalized spacial score (nSPS) is 19.0. The molecule has 1 aromatic heterocycles. The van der Waals surface area contributed by atoms with Crippen LogP contribution in [0.1, 0.15) is 37.5 Å². The molecule has 0 saturated carbocycles. The molecular weight excluding hydrogens is 314 g/mol. The first kappa shape index (κ1) is 17.7.